The lowest BCUT2D eigenvalue weighted by Gasteiger charge is -2.17. The Labute approximate surface area is 96.5 Å². The van der Waals surface area contributed by atoms with Crippen molar-refractivity contribution in [3.05, 3.63) is 34.6 Å². The Morgan fingerprint density at radius 2 is 1.94 bits per heavy atom. The molecular formula is C13H20FNO. The maximum absolute atomic E-state index is 13.7. The van der Waals surface area contributed by atoms with Gasteiger partial charge in [-0.15, -0.1) is 0 Å². The van der Waals surface area contributed by atoms with E-state index in [1.165, 1.54) is 6.07 Å². The van der Waals surface area contributed by atoms with Crippen molar-refractivity contribution in [1.82, 2.24) is 5.32 Å². The summed E-state index contributed by atoms with van der Waals surface area (Å²) in [4.78, 5) is 0. The summed E-state index contributed by atoms with van der Waals surface area (Å²) in [6, 6.07) is 3.63. The lowest BCUT2D eigenvalue weighted by Crippen LogP contribution is -2.28. The van der Waals surface area contributed by atoms with Gasteiger partial charge in [0.1, 0.15) is 5.82 Å². The van der Waals surface area contributed by atoms with Gasteiger partial charge in [-0.25, -0.2) is 4.39 Å². The second kappa shape index (κ2) is 5.41. The van der Waals surface area contributed by atoms with E-state index in [4.69, 9.17) is 0 Å². The van der Waals surface area contributed by atoms with Crippen molar-refractivity contribution < 1.29 is 9.50 Å². The number of aryl methyl sites for hydroxylation is 2. The lowest BCUT2D eigenvalue weighted by atomic mass is 10.00. The van der Waals surface area contributed by atoms with Gasteiger partial charge < -0.3 is 10.4 Å². The first kappa shape index (κ1) is 13.1. The number of benzene rings is 1. The third-order valence-corrected chi connectivity index (χ3v) is 2.53. The summed E-state index contributed by atoms with van der Waals surface area (Å²) >= 11 is 0. The number of hydrogen-bond acceptors (Lipinski definition) is 2. The van der Waals surface area contributed by atoms with E-state index in [1.807, 2.05) is 33.8 Å². The highest BCUT2D eigenvalue weighted by Crippen LogP contribution is 2.22. The molecule has 1 aromatic rings. The van der Waals surface area contributed by atoms with Crippen LogP contribution < -0.4 is 5.32 Å². The van der Waals surface area contributed by atoms with Crippen LogP contribution in [0.3, 0.4) is 0 Å². The van der Waals surface area contributed by atoms with E-state index in [-0.39, 0.29) is 11.9 Å². The quantitative estimate of drug-likeness (QED) is 0.825. The van der Waals surface area contributed by atoms with E-state index >= 15 is 0 Å². The van der Waals surface area contributed by atoms with Gasteiger partial charge >= 0.3 is 0 Å². The Balaban J connectivity index is 2.86. The molecular weight excluding hydrogens is 205 g/mol. The molecule has 1 unspecified atom stereocenters. The Hall–Kier alpha value is -0.930. The van der Waals surface area contributed by atoms with Crippen LogP contribution in [0.2, 0.25) is 0 Å². The van der Waals surface area contributed by atoms with Crippen LogP contribution in [0.15, 0.2) is 12.1 Å². The zero-order valence-electron chi connectivity index (χ0n) is 10.3. The molecule has 0 aliphatic rings. The lowest BCUT2D eigenvalue weighted by molar-refractivity contribution is 0.166. The van der Waals surface area contributed by atoms with Gasteiger partial charge in [-0.3, -0.25) is 0 Å². The molecule has 0 bridgehead atoms. The summed E-state index contributed by atoms with van der Waals surface area (Å²) in [5.41, 5.74) is 2.08. The topological polar surface area (TPSA) is 32.3 Å². The van der Waals surface area contributed by atoms with Gasteiger partial charge in [0.15, 0.2) is 0 Å². The van der Waals surface area contributed by atoms with Crippen LogP contribution in [-0.4, -0.2) is 17.7 Å². The zero-order chi connectivity index (χ0) is 12.3. The highest BCUT2D eigenvalue weighted by atomic mass is 19.1. The standard InChI is InChI=1S/C13H20FNO/c1-8(2)15-7-12(16)13-10(4)5-9(3)6-11(13)14/h5-6,8,12,15-16H,7H2,1-4H3. The van der Waals surface area contributed by atoms with Crippen LogP contribution in [-0.2, 0) is 0 Å². The molecule has 1 aromatic carbocycles. The molecule has 1 rings (SSSR count). The van der Waals surface area contributed by atoms with E-state index in [9.17, 15) is 9.50 Å². The van der Waals surface area contributed by atoms with E-state index in [0.717, 1.165) is 11.1 Å². The van der Waals surface area contributed by atoms with Crippen molar-refractivity contribution in [2.75, 3.05) is 6.54 Å². The first-order valence-electron chi connectivity index (χ1n) is 5.60. The average molecular weight is 225 g/mol. The average Bonchev–Trinajstić information content (AvgIpc) is 2.12. The third-order valence-electron chi connectivity index (χ3n) is 2.53. The molecule has 0 aliphatic carbocycles. The first-order valence-corrected chi connectivity index (χ1v) is 5.60. The van der Waals surface area contributed by atoms with Gasteiger partial charge in [-0.1, -0.05) is 19.9 Å². The summed E-state index contributed by atoms with van der Waals surface area (Å²) in [5.74, 6) is -0.324. The first-order chi connectivity index (χ1) is 7.41. The molecule has 16 heavy (non-hydrogen) atoms. The smallest absolute Gasteiger partial charge is 0.129 e. The van der Waals surface area contributed by atoms with Gasteiger partial charge in [-0.2, -0.15) is 0 Å². The van der Waals surface area contributed by atoms with Crippen molar-refractivity contribution in [3.8, 4) is 0 Å². The largest absolute Gasteiger partial charge is 0.387 e. The molecule has 0 radical (unpaired) electrons. The maximum Gasteiger partial charge on any atom is 0.129 e. The van der Waals surface area contributed by atoms with Gasteiger partial charge in [0, 0.05) is 18.2 Å². The fourth-order valence-corrected chi connectivity index (χ4v) is 1.80. The molecule has 0 aliphatic heterocycles. The summed E-state index contributed by atoms with van der Waals surface area (Å²) in [6.07, 6.45) is -0.789. The highest BCUT2D eigenvalue weighted by Gasteiger charge is 2.16. The Kier molecular flexibility index (Phi) is 4.44. The Morgan fingerprint density at radius 1 is 1.31 bits per heavy atom. The van der Waals surface area contributed by atoms with Crippen molar-refractivity contribution in [2.24, 2.45) is 0 Å². The number of rotatable bonds is 4. The number of hydrogen-bond donors (Lipinski definition) is 2. The second-order valence-corrected chi connectivity index (χ2v) is 4.56. The van der Waals surface area contributed by atoms with Gasteiger partial charge in [0.2, 0.25) is 0 Å². The molecule has 2 nitrogen and oxygen atoms in total. The molecule has 0 saturated heterocycles. The molecule has 3 heteroatoms. The fraction of sp³-hybridized carbons (Fsp3) is 0.538. The molecule has 2 N–H and O–H groups in total. The van der Waals surface area contributed by atoms with Crippen molar-refractivity contribution >= 4 is 0 Å². The summed E-state index contributed by atoms with van der Waals surface area (Å²) in [5, 5.41) is 13.0. The predicted molar refractivity (Wildman–Crippen MR) is 64.0 cm³/mol. The van der Waals surface area contributed by atoms with Crippen molar-refractivity contribution in [3.63, 3.8) is 0 Å². The molecule has 90 valence electrons. The minimum atomic E-state index is -0.789. The summed E-state index contributed by atoms with van der Waals surface area (Å²) < 4.78 is 13.7. The third kappa shape index (κ3) is 3.29. The van der Waals surface area contributed by atoms with E-state index in [1.54, 1.807) is 0 Å². The van der Waals surface area contributed by atoms with Crippen LogP contribution >= 0.6 is 0 Å². The SMILES string of the molecule is Cc1cc(C)c(C(O)CNC(C)C)c(F)c1. The number of halogens is 1. The van der Waals surface area contributed by atoms with Gasteiger partial charge in [-0.05, 0) is 31.0 Å². The Morgan fingerprint density at radius 3 is 2.44 bits per heavy atom. The molecule has 0 amide bonds. The molecule has 0 saturated carbocycles. The van der Waals surface area contributed by atoms with Crippen LogP contribution in [0.5, 0.6) is 0 Å². The van der Waals surface area contributed by atoms with E-state index in [0.29, 0.717) is 12.1 Å². The van der Waals surface area contributed by atoms with Crippen LogP contribution in [0.1, 0.15) is 36.6 Å². The summed E-state index contributed by atoms with van der Waals surface area (Å²) in [7, 11) is 0. The van der Waals surface area contributed by atoms with Crippen LogP contribution in [0.25, 0.3) is 0 Å². The molecule has 0 aromatic heterocycles. The molecule has 0 heterocycles. The number of aliphatic hydroxyl groups excluding tert-OH is 1. The number of aliphatic hydroxyl groups is 1. The molecule has 0 spiro atoms. The van der Waals surface area contributed by atoms with E-state index in [2.05, 4.69) is 5.32 Å². The van der Waals surface area contributed by atoms with E-state index < -0.39 is 6.10 Å². The maximum atomic E-state index is 13.7. The number of nitrogens with one attached hydrogen (secondary N) is 1. The minimum absolute atomic E-state index is 0.281. The molecule has 0 fully saturated rings. The highest BCUT2D eigenvalue weighted by molar-refractivity contribution is 5.33. The van der Waals surface area contributed by atoms with Crippen LogP contribution in [0, 0.1) is 19.7 Å². The zero-order valence-corrected chi connectivity index (χ0v) is 10.3. The van der Waals surface area contributed by atoms with Crippen LogP contribution in [0.4, 0.5) is 4.39 Å². The molecule has 1 atom stereocenters. The van der Waals surface area contributed by atoms with Gasteiger partial charge in [0.25, 0.3) is 0 Å². The van der Waals surface area contributed by atoms with Crippen molar-refractivity contribution in [2.45, 2.75) is 39.8 Å². The minimum Gasteiger partial charge on any atom is -0.387 e. The Bertz CT molecular complexity index is 340. The monoisotopic (exact) mass is 225 g/mol. The van der Waals surface area contributed by atoms with Crippen molar-refractivity contribution in [1.29, 1.82) is 0 Å². The normalized spacial score (nSPS) is 13.2. The fourth-order valence-electron chi connectivity index (χ4n) is 1.80. The predicted octanol–water partition coefficient (Wildman–Crippen LogP) is 2.47. The van der Waals surface area contributed by atoms with Gasteiger partial charge in [0.05, 0.1) is 6.10 Å². The summed E-state index contributed by atoms with van der Waals surface area (Å²) in [6.45, 7) is 8.03. The second-order valence-electron chi connectivity index (χ2n) is 4.56.